The first kappa shape index (κ1) is 28.7. The molecular formula is C28H31F2N5O5S. The molecule has 0 unspecified atom stereocenters. The van der Waals surface area contributed by atoms with Gasteiger partial charge in [0, 0.05) is 50.4 Å². The van der Waals surface area contributed by atoms with Crippen LogP contribution in [0.4, 0.5) is 14.5 Å². The van der Waals surface area contributed by atoms with Crippen molar-refractivity contribution in [2.24, 2.45) is 0 Å². The van der Waals surface area contributed by atoms with E-state index < -0.39 is 48.9 Å². The second-order valence-corrected chi connectivity index (χ2v) is 12.4. The number of phenols is 1. The first-order valence-electron chi connectivity index (χ1n) is 13.2. The van der Waals surface area contributed by atoms with Crippen LogP contribution in [-0.4, -0.2) is 90.9 Å². The van der Waals surface area contributed by atoms with E-state index in [1.54, 1.807) is 9.80 Å². The summed E-state index contributed by atoms with van der Waals surface area (Å²) in [6.07, 6.45) is 3.75. The summed E-state index contributed by atoms with van der Waals surface area (Å²) in [6, 6.07) is 4.46. The molecule has 10 nitrogen and oxygen atoms in total. The Balaban J connectivity index is 1.81. The number of benzene rings is 1. The zero-order valence-corrected chi connectivity index (χ0v) is 23.6. The summed E-state index contributed by atoms with van der Waals surface area (Å²) >= 11 is 0. The molecule has 2 saturated heterocycles. The van der Waals surface area contributed by atoms with Gasteiger partial charge in [-0.15, -0.1) is 0 Å². The minimum Gasteiger partial charge on any atom is -0.507 e. The number of fused-ring (bicyclic) bond motifs is 1. The molecule has 2 fully saturated rings. The lowest BCUT2D eigenvalue weighted by atomic mass is 10.1. The molecule has 5 rings (SSSR count). The van der Waals surface area contributed by atoms with Crippen LogP contribution in [-0.2, 0) is 21.2 Å². The molecule has 2 aliphatic rings. The highest BCUT2D eigenvalue weighted by Gasteiger charge is 2.33. The molecule has 1 aromatic carbocycles. The fraction of sp³-hybridized carbons (Fsp3) is 0.393. The van der Waals surface area contributed by atoms with Crippen molar-refractivity contribution in [2.75, 3.05) is 50.9 Å². The maximum absolute atomic E-state index is 15.8. The first-order chi connectivity index (χ1) is 19.4. The van der Waals surface area contributed by atoms with Crippen molar-refractivity contribution < 1.29 is 27.1 Å². The SMILES string of the molecule is C=CC(=O)N1CCN(c2c(S(C)(=O)=O)c(=O)n(C[C@@H]3CCCN3C)c3nc(-c4c(O)cccc4F)c(F)cc23)CC1. The average molecular weight is 588 g/mol. The zero-order valence-electron chi connectivity index (χ0n) is 22.8. The molecule has 1 N–H and O–H groups in total. The summed E-state index contributed by atoms with van der Waals surface area (Å²) in [4.78, 5) is 35.4. The van der Waals surface area contributed by atoms with Gasteiger partial charge < -0.3 is 19.8 Å². The quantitative estimate of drug-likeness (QED) is 0.437. The van der Waals surface area contributed by atoms with Crippen molar-refractivity contribution in [1.82, 2.24) is 19.4 Å². The molecule has 1 amide bonds. The molecule has 1 atom stereocenters. The van der Waals surface area contributed by atoms with E-state index in [-0.39, 0.29) is 61.4 Å². The summed E-state index contributed by atoms with van der Waals surface area (Å²) in [5.41, 5.74) is -1.82. The Hall–Kier alpha value is -3.84. The van der Waals surface area contributed by atoms with Gasteiger partial charge in [0.25, 0.3) is 5.56 Å². The lowest BCUT2D eigenvalue weighted by Crippen LogP contribution is -2.49. The third kappa shape index (κ3) is 5.19. The fourth-order valence-electron chi connectivity index (χ4n) is 5.74. The number of likely N-dealkylation sites (N-methyl/N-ethyl adjacent to an activating group) is 1. The van der Waals surface area contributed by atoms with E-state index in [9.17, 15) is 27.5 Å². The van der Waals surface area contributed by atoms with E-state index in [1.807, 2.05) is 7.05 Å². The summed E-state index contributed by atoms with van der Waals surface area (Å²) < 4.78 is 58.2. The molecular weight excluding hydrogens is 556 g/mol. The van der Waals surface area contributed by atoms with Gasteiger partial charge in [-0.2, -0.15) is 0 Å². The Morgan fingerprint density at radius 3 is 2.46 bits per heavy atom. The van der Waals surface area contributed by atoms with Crippen molar-refractivity contribution in [1.29, 1.82) is 0 Å². The van der Waals surface area contributed by atoms with E-state index in [0.717, 1.165) is 37.8 Å². The van der Waals surface area contributed by atoms with Gasteiger partial charge in [-0.1, -0.05) is 12.6 Å². The van der Waals surface area contributed by atoms with Crippen LogP contribution in [0, 0.1) is 11.6 Å². The molecule has 3 aromatic rings. The summed E-state index contributed by atoms with van der Waals surface area (Å²) in [5, 5.41) is 10.4. The predicted molar refractivity (Wildman–Crippen MR) is 151 cm³/mol. The van der Waals surface area contributed by atoms with Crippen molar-refractivity contribution >= 4 is 32.5 Å². The maximum atomic E-state index is 15.8. The molecule has 13 heteroatoms. The van der Waals surface area contributed by atoms with E-state index in [1.165, 1.54) is 22.8 Å². The topological polar surface area (TPSA) is 116 Å². The number of carbonyl (C=O) groups is 1. The van der Waals surface area contributed by atoms with Crippen LogP contribution in [0.1, 0.15) is 12.8 Å². The smallest absolute Gasteiger partial charge is 0.273 e. The number of likely N-dealkylation sites (tertiary alicyclic amines) is 1. The number of pyridine rings is 2. The predicted octanol–water partition coefficient (Wildman–Crippen LogP) is 2.38. The van der Waals surface area contributed by atoms with Crippen LogP contribution in [0.3, 0.4) is 0 Å². The van der Waals surface area contributed by atoms with Gasteiger partial charge in [-0.3, -0.25) is 14.2 Å². The van der Waals surface area contributed by atoms with Crippen LogP contribution in [0.25, 0.3) is 22.3 Å². The number of hydrogen-bond acceptors (Lipinski definition) is 8. The van der Waals surface area contributed by atoms with Gasteiger partial charge >= 0.3 is 0 Å². The third-order valence-corrected chi connectivity index (χ3v) is 8.98. The van der Waals surface area contributed by atoms with Gasteiger partial charge in [0.05, 0.1) is 11.3 Å². The van der Waals surface area contributed by atoms with Gasteiger partial charge in [0.15, 0.2) is 20.5 Å². The van der Waals surface area contributed by atoms with Crippen LogP contribution >= 0.6 is 0 Å². The zero-order chi connectivity index (χ0) is 29.6. The Kier molecular flexibility index (Phi) is 7.60. The lowest BCUT2D eigenvalue weighted by Gasteiger charge is -2.37. The largest absolute Gasteiger partial charge is 0.507 e. The highest BCUT2D eigenvalue weighted by atomic mass is 32.2. The monoisotopic (exact) mass is 587 g/mol. The Morgan fingerprint density at radius 2 is 1.88 bits per heavy atom. The van der Waals surface area contributed by atoms with Crippen molar-refractivity contribution in [3.63, 3.8) is 0 Å². The van der Waals surface area contributed by atoms with Crippen LogP contribution in [0.15, 0.2) is 46.6 Å². The standard InChI is InChI=1S/C28H31F2N5O5S/c1-4-22(37)33-11-13-34(14-12-33)25-18-15-20(30)24(23-19(29)8-5-9-21(23)36)31-27(18)35(16-17-7-6-10-32(17)2)28(38)26(25)41(3,39)40/h4-5,8-9,15,17,36H,1,6-7,10-14,16H2,2-3H3/t17-/m0/s1. The molecule has 0 spiro atoms. The molecule has 2 aromatic heterocycles. The second-order valence-electron chi connectivity index (χ2n) is 10.5. The molecule has 0 bridgehead atoms. The molecule has 41 heavy (non-hydrogen) atoms. The van der Waals surface area contributed by atoms with E-state index >= 15 is 4.39 Å². The van der Waals surface area contributed by atoms with E-state index in [4.69, 9.17) is 0 Å². The number of amides is 1. The number of piperazine rings is 1. The number of rotatable bonds is 6. The van der Waals surface area contributed by atoms with Crippen molar-refractivity contribution in [3.05, 3.63) is 58.9 Å². The third-order valence-electron chi connectivity index (χ3n) is 7.87. The molecule has 4 heterocycles. The molecule has 218 valence electrons. The van der Waals surface area contributed by atoms with E-state index in [0.29, 0.717) is 0 Å². The average Bonchev–Trinajstić information content (AvgIpc) is 3.33. The number of aromatic hydroxyl groups is 1. The van der Waals surface area contributed by atoms with Crippen LogP contribution < -0.4 is 10.5 Å². The number of anilines is 1. The molecule has 0 saturated carbocycles. The van der Waals surface area contributed by atoms with Gasteiger partial charge in [0.2, 0.25) is 5.91 Å². The molecule has 2 aliphatic heterocycles. The summed E-state index contributed by atoms with van der Waals surface area (Å²) in [6.45, 7) is 5.16. The van der Waals surface area contributed by atoms with Gasteiger partial charge in [-0.25, -0.2) is 22.2 Å². The van der Waals surface area contributed by atoms with E-state index in [2.05, 4.69) is 16.5 Å². The normalized spacial score (nSPS) is 18.3. The number of sulfone groups is 1. The highest BCUT2D eigenvalue weighted by Crippen LogP contribution is 2.38. The maximum Gasteiger partial charge on any atom is 0.273 e. The second kappa shape index (κ2) is 10.9. The minimum atomic E-state index is -4.13. The van der Waals surface area contributed by atoms with Crippen LogP contribution in [0.2, 0.25) is 0 Å². The Labute approximate surface area is 236 Å². The fourth-order valence-corrected chi connectivity index (χ4v) is 6.76. The van der Waals surface area contributed by atoms with Crippen molar-refractivity contribution in [3.8, 4) is 17.0 Å². The number of hydrogen-bond donors (Lipinski definition) is 1. The summed E-state index contributed by atoms with van der Waals surface area (Å²) in [5.74, 6) is -2.72. The highest BCUT2D eigenvalue weighted by molar-refractivity contribution is 7.90. The number of aromatic nitrogens is 2. The minimum absolute atomic E-state index is 0.00932. The van der Waals surface area contributed by atoms with Gasteiger partial charge in [-0.05, 0) is 50.7 Å². The molecule has 0 aliphatic carbocycles. The Morgan fingerprint density at radius 1 is 1.17 bits per heavy atom. The summed E-state index contributed by atoms with van der Waals surface area (Å²) in [7, 11) is -2.23. The number of phenolic OH excluding ortho intramolecular Hbond substituents is 1. The number of carbonyl (C=O) groups excluding carboxylic acids is 1. The molecule has 0 radical (unpaired) electrons. The van der Waals surface area contributed by atoms with Crippen molar-refractivity contribution in [2.45, 2.75) is 30.3 Å². The van der Waals surface area contributed by atoms with Gasteiger partial charge in [0.1, 0.15) is 22.9 Å². The Bertz CT molecular complexity index is 1700. The number of nitrogens with zero attached hydrogens (tertiary/aromatic N) is 5. The number of halogens is 2. The lowest BCUT2D eigenvalue weighted by molar-refractivity contribution is -0.126. The van der Waals surface area contributed by atoms with Crippen LogP contribution in [0.5, 0.6) is 5.75 Å². The first-order valence-corrected chi connectivity index (χ1v) is 15.1.